The predicted octanol–water partition coefficient (Wildman–Crippen LogP) is 4.25. The van der Waals surface area contributed by atoms with Crippen LogP contribution in [0, 0.1) is 0 Å². The molecule has 4 heteroatoms. The minimum atomic E-state index is -0.0810. The lowest BCUT2D eigenvalue weighted by atomic mass is 10.1. The van der Waals surface area contributed by atoms with Gasteiger partial charge in [0.1, 0.15) is 0 Å². The van der Waals surface area contributed by atoms with Crippen molar-refractivity contribution < 1.29 is 4.79 Å². The van der Waals surface area contributed by atoms with Crippen molar-refractivity contribution in [2.75, 3.05) is 0 Å². The summed E-state index contributed by atoms with van der Waals surface area (Å²) < 4.78 is 0. The number of rotatable bonds is 3. The van der Waals surface area contributed by atoms with Crippen LogP contribution >= 0.6 is 23.2 Å². The Bertz CT molecular complexity index is 408. The van der Waals surface area contributed by atoms with E-state index in [2.05, 4.69) is 0 Å². The number of benzene rings is 1. The average molecular weight is 274 g/mol. The van der Waals surface area contributed by atoms with Crippen LogP contribution in [0.4, 0.5) is 0 Å². The third-order valence-corrected chi connectivity index (χ3v) is 3.35. The molecular weight excluding hydrogens is 257 g/mol. The van der Waals surface area contributed by atoms with Crippen LogP contribution < -0.4 is 0 Å². The summed E-state index contributed by atoms with van der Waals surface area (Å²) in [5, 5.41) is 0.732. The van der Waals surface area contributed by atoms with E-state index in [1.165, 1.54) is 0 Å². The van der Waals surface area contributed by atoms with Gasteiger partial charge in [-0.15, -0.1) is 0 Å². The van der Waals surface area contributed by atoms with Crippen LogP contribution in [0.1, 0.15) is 38.1 Å². The van der Waals surface area contributed by atoms with Gasteiger partial charge in [-0.2, -0.15) is 0 Å². The maximum absolute atomic E-state index is 12.4. The summed E-state index contributed by atoms with van der Waals surface area (Å²) >= 11 is 12.0. The summed E-state index contributed by atoms with van der Waals surface area (Å²) in [6.07, 6.45) is 0. The van der Waals surface area contributed by atoms with Crippen LogP contribution in [-0.2, 0) is 0 Å². The highest BCUT2D eigenvalue weighted by Crippen LogP contribution is 2.27. The van der Waals surface area contributed by atoms with E-state index in [0.29, 0.717) is 15.6 Å². The SMILES string of the molecule is CC(C)N(C(=O)c1cccc(Cl)c1Cl)C(C)C. The van der Waals surface area contributed by atoms with Gasteiger partial charge in [-0.1, -0.05) is 29.3 Å². The largest absolute Gasteiger partial charge is 0.334 e. The van der Waals surface area contributed by atoms with Gasteiger partial charge >= 0.3 is 0 Å². The van der Waals surface area contributed by atoms with Crippen molar-refractivity contribution in [2.24, 2.45) is 0 Å². The van der Waals surface area contributed by atoms with Gasteiger partial charge < -0.3 is 4.90 Å². The van der Waals surface area contributed by atoms with Crippen LogP contribution in [0.15, 0.2) is 18.2 Å². The molecule has 1 aromatic rings. The molecule has 0 saturated heterocycles. The predicted molar refractivity (Wildman–Crippen MR) is 72.9 cm³/mol. The van der Waals surface area contributed by atoms with Gasteiger partial charge in [-0.25, -0.2) is 0 Å². The van der Waals surface area contributed by atoms with Crippen LogP contribution in [-0.4, -0.2) is 22.9 Å². The maximum Gasteiger partial charge on any atom is 0.255 e. The lowest BCUT2D eigenvalue weighted by Crippen LogP contribution is -2.42. The molecule has 94 valence electrons. The van der Waals surface area contributed by atoms with Gasteiger partial charge in [0.25, 0.3) is 5.91 Å². The molecule has 0 aliphatic heterocycles. The van der Waals surface area contributed by atoms with Crippen LogP contribution in [0.25, 0.3) is 0 Å². The monoisotopic (exact) mass is 273 g/mol. The van der Waals surface area contributed by atoms with Gasteiger partial charge in [0, 0.05) is 12.1 Å². The molecule has 0 bridgehead atoms. The van der Waals surface area contributed by atoms with E-state index in [1.807, 2.05) is 27.7 Å². The van der Waals surface area contributed by atoms with Crippen LogP contribution in [0.3, 0.4) is 0 Å². The van der Waals surface area contributed by atoms with Gasteiger partial charge in [-0.05, 0) is 39.8 Å². The minimum Gasteiger partial charge on any atom is -0.334 e. The van der Waals surface area contributed by atoms with E-state index in [1.54, 1.807) is 23.1 Å². The summed E-state index contributed by atoms with van der Waals surface area (Å²) in [5.74, 6) is -0.0810. The number of hydrogen-bond donors (Lipinski definition) is 0. The number of nitrogens with zero attached hydrogens (tertiary/aromatic N) is 1. The Morgan fingerprint density at radius 2 is 1.65 bits per heavy atom. The van der Waals surface area contributed by atoms with E-state index >= 15 is 0 Å². The van der Waals surface area contributed by atoms with Gasteiger partial charge in [0.15, 0.2) is 0 Å². The number of carbonyl (C=O) groups is 1. The molecule has 1 rings (SSSR count). The zero-order valence-corrected chi connectivity index (χ0v) is 12.0. The quantitative estimate of drug-likeness (QED) is 0.806. The molecule has 0 saturated carbocycles. The molecule has 1 aromatic carbocycles. The highest BCUT2D eigenvalue weighted by molar-refractivity contribution is 6.43. The Hall–Kier alpha value is -0.730. The standard InChI is InChI=1S/C13H17Cl2NO/c1-8(2)16(9(3)4)13(17)10-6-5-7-11(14)12(10)15/h5-9H,1-4H3. The molecular formula is C13H17Cl2NO. The zero-order chi connectivity index (χ0) is 13.2. The third kappa shape index (κ3) is 3.14. The molecule has 0 aromatic heterocycles. The Morgan fingerprint density at radius 1 is 1.12 bits per heavy atom. The molecule has 2 nitrogen and oxygen atoms in total. The fourth-order valence-corrected chi connectivity index (χ4v) is 2.25. The fourth-order valence-electron chi connectivity index (χ4n) is 1.87. The normalized spacial score (nSPS) is 11.1. The van der Waals surface area contributed by atoms with Crippen molar-refractivity contribution in [3.8, 4) is 0 Å². The van der Waals surface area contributed by atoms with E-state index < -0.39 is 0 Å². The van der Waals surface area contributed by atoms with E-state index in [4.69, 9.17) is 23.2 Å². The van der Waals surface area contributed by atoms with E-state index in [9.17, 15) is 4.79 Å². The van der Waals surface area contributed by atoms with Crippen molar-refractivity contribution in [3.63, 3.8) is 0 Å². The zero-order valence-electron chi connectivity index (χ0n) is 10.5. The molecule has 0 aliphatic rings. The molecule has 0 N–H and O–H groups in total. The first-order chi connectivity index (χ1) is 7.86. The van der Waals surface area contributed by atoms with Gasteiger partial charge in [-0.3, -0.25) is 4.79 Å². The Kier molecular flexibility index (Phi) is 4.84. The topological polar surface area (TPSA) is 20.3 Å². The molecule has 0 spiro atoms. The van der Waals surface area contributed by atoms with E-state index in [0.717, 1.165) is 0 Å². The molecule has 0 unspecified atom stereocenters. The second-order valence-corrected chi connectivity index (χ2v) is 5.29. The van der Waals surface area contributed by atoms with Crippen LogP contribution in [0.2, 0.25) is 10.0 Å². The van der Waals surface area contributed by atoms with Crippen molar-refractivity contribution >= 4 is 29.1 Å². The number of hydrogen-bond acceptors (Lipinski definition) is 1. The lowest BCUT2D eigenvalue weighted by molar-refractivity contribution is 0.0644. The Labute approximate surface area is 113 Å². The maximum atomic E-state index is 12.4. The molecule has 0 fully saturated rings. The molecule has 0 heterocycles. The molecule has 1 amide bonds. The number of halogens is 2. The second kappa shape index (κ2) is 5.74. The van der Waals surface area contributed by atoms with Crippen molar-refractivity contribution in [1.29, 1.82) is 0 Å². The highest BCUT2D eigenvalue weighted by atomic mass is 35.5. The molecule has 17 heavy (non-hydrogen) atoms. The average Bonchev–Trinajstić information content (AvgIpc) is 2.20. The van der Waals surface area contributed by atoms with Gasteiger partial charge in [0.05, 0.1) is 15.6 Å². The second-order valence-electron chi connectivity index (χ2n) is 4.50. The smallest absolute Gasteiger partial charge is 0.255 e. The summed E-state index contributed by atoms with van der Waals surface area (Å²) in [5.41, 5.74) is 0.460. The molecule has 0 atom stereocenters. The summed E-state index contributed by atoms with van der Waals surface area (Å²) in [4.78, 5) is 14.2. The third-order valence-electron chi connectivity index (χ3n) is 2.53. The molecule has 0 radical (unpaired) electrons. The minimum absolute atomic E-state index is 0.0810. The van der Waals surface area contributed by atoms with Crippen LogP contribution in [0.5, 0.6) is 0 Å². The first-order valence-electron chi connectivity index (χ1n) is 5.63. The highest BCUT2D eigenvalue weighted by Gasteiger charge is 2.23. The number of amides is 1. The summed E-state index contributed by atoms with van der Waals surface area (Å²) in [6, 6.07) is 5.36. The Morgan fingerprint density at radius 3 is 2.12 bits per heavy atom. The number of carbonyl (C=O) groups excluding carboxylic acids is 1. The van der Waals surface area contributed by atoms with E-state index in [-0.39, 0.29) is 18.0 Å². The first kappa shape index (κ1) is 14.3. The van der Waals surface area contributed by atoms with Crippen molar-refractivity contribution in [3.05, 3.63) is 33.8 Å². The summed E-state index contributed by atoms with van der Waals surface area (Å²) in [7, 11) is 0. The van der Waals surface area contributed by atoms with Crippen molar-refractivity contribution in [2.45, 2.75) is 39.8 Å². The van der Waals surface area contributed by atoms with Crippen molar-refractivity contribution in [1.82, 2.24) is 4.90 Å². The summed E-state index contributed by atoms with van der Waals surface area (Å²) in [6.45, 7) is 7.93. The lowest BCUT2D eigenvalue weighted by Gasteiger charge is -2.31. The fraction of sp³-hybridized carbons (Fsp3) is 0.462. The first-order valence-corrected chi connectivity index (χ1v) is 6.38. The Balaban J connectivity index is 3.15. The van der Waals surface area contributed by atoms with Gasteiger partial charge in [0.2, 0.25) is 0 Å². The molecule has 0 aliphatic carbocycles.